The maximum atomic E-state index is 5.99. The first-order chi connectivity index (χ1) is 7.27. The zero-order valence-corrected chi connectivity index (χ0v) is 10.2. The summed E-state index contributed by atoms with van der Waals surface area (Å²) >= 11 is 3.40. The van der Waals surface area contributed by atoms with Crippen LogP contribution in [0.1, 0.15) is 25.7 Å². The van der Waals surface area contributed by atoms with Gasteiger partial charge in [-0.25, -0.2) is 15.8 Å². The molecule has 15 heavy (non-hydrogen) atoms. The number of nitrogens with zero attached hydrogens (tertiary/aromatic N) is 3. The lowest BCUT2D eigenvalue weighted by molar-refractivity contribution is 0.533. The standard InChI is InChI=1S/C10H15BrN4/c11-9-5-13-7-14-10(9)15(12)6-8-3-1-2-4-8/h5,7-8H,1-4,6,12H2. The number of anilines is 1. The SMILES string of the molecule is NN(CC1CCCC1)c1ncncc1Br. The van der Waals surface area contributed by atoms with Gasteiger partial charge in [-0.3, -0.25) is 5.01 Å². The van der Waals surface area contributed by atoms with Crippen molar-refractivity contribution in [2.45, 2.75) is 25.7 Å². The second-order valence-corrected chi connectivity index (χ2v) is 4.85. The van der Waals surface area contributed by atoms with E-state index in [1.807, 2.05) is 0 Å². The van der Waals surface area contributed by atoms with E-state index >= 15 is 0 Å². The minimum Gasteiger partial charge on any atom is -0.294 e. The summed E-state index contributed by atoms with van der Waals surface area (Å²) in [6.45, 7) is 0.885. The zero-order chi connectivity index (χ0) is 10.7. The Morgan fingerprint density at radius 3 is 2.87 bits per heavy atom. The van der Waals surface area contributed by atoms with Gasteiger partial charge in [0.25, 0.3) is 0 Å². The van der Waals surface area contributed by atoms with Crippen LogP contribution < -0.4 is 10.9 Å². The molecule has 1 heterocycles. The van der Waals surface area contributed by atoms with Crippen LogP contribution in [-0.4, -0.2) is 16.5 Å². The fourth-order valence-electron chi connectivity index (χ4n) is 2.08. The van der Waals surface area contributed by atoms with Crippen LogP contribution in [0, 0.1) is 5.92 Å². The van der Waals surface area contributed by atoms with Crippen molar-refractivity contribution in [3.8, 4) is 0 Å². The molecule has 0 atom stereocenters. The Bertz CT molecular complexity index is 325. The Kier molecular flexibility index (Phi) is 3.53. The predicted octanol–water partition coefficient (Wildman–Crippen LogP) is 2.11. The van der Waals surface area contributed by atoms with Gasteiger partial charge in [-0.15, -0.1) is 0 Å². The lowest BCUT2D eigenvalue weighted by atomic mass is 10.1. The molecule has 0 aromatic carbocycles. The molecular weight excluding hydrogens is 256 g/mol. The van der Waals surface area contributed by atoms with Crippen molar-refractivity contribution < 1.29 is 0 Å². The minimum absolute atomic E-state index is 0.719. The van der Waals surface area contributed by atoms with Crippen molar-refractivity contribution in [3.63, 3.8) is 0 Å². The zero-order valence-electron chi connectivity index (χ0n) is 8.56. The van der Waals surface area contributed by atoms with Crippen molar-refractivity contribution in [2.24, 2.45) is 11.8 Å². The third-order valence-corrected chi connectivity index (χ3v) is 3.41. The number of aromatic nitrogens is 2. The lowest BCUT2D eigenvalue weighted by Gasteiger charge is -2.21. The van der Waals surface area contributed by atoms with Gasteiger partial charge in [-0.05, 0) is 34.7 Å². The van der Waals surface area contributed by atoms with E-state index in [9.17, 15) is 0 Å². The summed E-state index contributed by atoms with van der Waals surface area (Å²) in [5.74, 6) is 7.48. The van der Waals surface area contributed by atoms with E-state index in [1.165, 1.54) is 32.0 Å². The number of hydrazine groups is 1. The molecule has 82 valence electrons. The first-order valence-electron chi connectivity index (χ1n) is 5.25. The highest BCUT2D eigenvalue weighted by Gasteiger charge is 2.18. The van der Waals surface area contributed by atoms with Gasteiger partial charge in [0, 0.05) is 12.7 Å². The molecule has 1 aliphatic rings. The molecule has 1 aromatic rings. The predicted molar refractivity (Wildman–Crippen MR) is 63.2 cm³/mol. The number of nitrogens with two attached hydrogens (primary N) is 1. The molecule has 2 rings (SSSR count). The summed E-state index contributed by atoms with van der Waals surface area (Å²) in [5.41, 5.74) is 0. The molecule has 0 amide bonds. The van der Waals surface area contributed by atoms with Crippen LogP contribution in [0.15, 0.2) is 17.0 Å². The van der Waals surface area contributed by atoms with Gasteiger partial charge in [0.1, 0.15) is 6.33 Å². The molecule has 5 heteroatoms. The highest BCUT2D eigenvalue weighted by Crippen LogP contribution is 2.27. The highest BCUT2D eigenvalue weighted by molar-refractivity contribution is 9.10. The number of halogens is 1. The molecule has 1 fully saturated rings. The quantitative estimate of drug-likeness (QED) is 0.675. The summed E-state index contributed by atoms with van der Waals surface area (Å²) in [6, 6.07) is 0. The van der Waals surface area contributed by atoms with Crippen molar-refractivity contribution in [2.75, 3.05) is 11.6 Å². The Labute approximate surface area is 98.0 Å². The average molecular weight is 271 g/mol. The molecule has 0 spiro atoms. The summed E-state index contributed by atoms with van der Waals surface area (Å²) in [4.78, 5) is 8.08. The van der Waals surface area contributed by atoms with Crippen LogP contribution in [0.25, 0.3) is 0 Å². The van der Waals surface area contributed by atoms with Gasteiger partial charge in [0.15, 0.2) is 5.82 Å². The Morgan fingerprint density at radius 2 is 2.20 bits per heavy atom. The third-order valence-electron chi connectivity index (χ3n) is 2.85. The average Bonchev–Trinajstić information content (AvgIpc) is 2.71. The largest absolute Gasteiger partial charge is 0.294 e. The molecule has 0 bridgehead atoms. The molecule has 1 aliphatic carbocycles. The second-order valence-electron chi connectivity index (χ2n) is 4.00. The summed E-state index contributed by atoms with van der Waals surface area (Å²) in [5, 5.41) is 1.72. The third kappa shape index (κ3) is 2.66. The van der Waals surface area contributed by atoms with E-state index < -0.39 is 0 Å². The summed E-state index contributed by atoms with van der Waals surface area (Å²) in [6.07, 6.45) is 8.49. The van der Waals surface area contributed by atoms with Crippen LogP contribution in [0.3, 0.4) is 0 Å². The maximum absolute atomic E-state index is 5.99. The van der Waals surface area contributed by atoms with Gasteiger partial charge in [0.05, 0.1) is 4.47 Å². The van der Waals surface area contributed by atoms with E-state index in [1.54, 1.807) is 11.2 Å². The van der Waals surface area contributed by atoms with Crippen molar-refractivity contribution in [3.05, 3.63) is 17.0 Å². The van der Waals surface area contributed by atoms with Crippen molar-refractivity contribution >= 4 is 21.7 Å². The van der Waals surface area contributed by atoms with Gasteiger partial charge < -0.3 is 0 Å². The first kappa shape index (κ1) is 10.8. The van der Waals surface area contributed by atoms with E-state index in [-0.39, 0.29) is 0 Å². The molecule has 1 aromatic heterocycles. The molecule has 1 saturated carbocycles. The van der Waals surface area contributed by atoms with Gasteiger partial charge in [-0.2, -0.15) is 0 Å². The lowest BCUT2D eigenvalue weighted by Crippen LogP contribution is -2.36. The Hall–Kier alpha value is -0.680. The number of hydrogen-bond acceptors (Lipinski definition) is 4. The molecule has 0 saturated heterocycles. The monoisotopic (exact) mass is 270 g/mol. The molecule has 0 unspecified atom stereocenters. The van der Waals surface area contributed by atoms with Crippen LogP contribution in [0.2, 0.25) is 0 Å². The summed E-state index contributed by atoms with van der Waals surface area (Å²) < 4.78 is 0.852. The minimum atomic E-state index is 0.719. The molecule has 0 radical (unpaired) electrons. The van der Waals surface area contributed by atoms with Gasteiger partial charge in [-0.1, -0.05) is 12.8 Å². The molecule has 2 N–H and O–H groups in total. The smallest absolute Gasteiger partial charge is 0.160 e. The van der Waals surface area contributed by atoms with Crippen LogP contribution >= 0.6 is 15.9 Å². The van der Waals surface area contributed by atoms with E-state index in [0.717, 1.165) is 22.8 Å². The number of hydrogen-bond donors (Lipinski definition) is 1. The topological polar surface area (TPSA) is 55.0 Å². The van der Waals surface area contributed by atoms with Crippen LogP contribution in [0.4, 0.5) is 5.82 Å². The van der Waals surface area contributed by atoms with E-state index in [2.05, 4.69) is 25.9 Å². The molecule has 0 aliphatic heterocycles. The van der Waals surface area contributed by atoms with Crippen LogP contribution in [-0.2, 0) is 0 Å². The summed E-state index contributed by atoms with van der Waals surface area (Å²) in [7, 11) is 0. The fourth-order valence-corrected chi connectivity index (χ4v) is 2.52. The fraction of sp³-hybridized carbons (Fsp3) is 0.600. The molecular formula is C10H15BrN4. The highest BCUT2D eigenvalue weighted by atomic mass is 79.9. The van der Waals surface area contributed by atoms with E-state index in [0.29, 0.717) is 0 Å². The maximum Gasteiger partial charge on any atom is 0.160 e. The van der Waals surface area contributed by atoms with E-state index in [4.69, 9.17) is 5.84 Å². The Balaban J connectivity index is 2.00. The normalized spacial score (nSPS) is 16.9. The van der Waals surface area contributed by atoms with Crippen molar-refractivity contribution in [1.82, 2.24) is 9.97 Å². The van der Waals surface area contributed by atoms with Gasteiger partial charge in [0.2, 0.25) is 0 Å². The molecule has 4 nitrogen and oxygen atoms in total. The Morgan fingerprint density at radius 1 is 1.47 bits per heavy atom. The number of rotatable bonds is 3. The first-order valence-corrected chi connectivity index (χ1v) is 6.04. The van der Waals surface area contributed by atoms with Gasteiger partial charge >= 0.3 is 0 Å². The van der Waals surface area contributed by atoms with Crippen molar-refractivity contribution in [1.29, 1.82) is 0 Å². The van der Waals surface area contributed by atoms with Crippen LogP contribution in [0.5, 0.6) is 0 Å². The second kappa shape index (κ2) is 4.90.